The molecule has 2 rings (SSSR count). The lowest BCUT2D eigenvalue weighted by Gasteiger charge is -2.19. The lowest BCUT2D eigenvalue weighted by molar-refractivity contribution is 0.121. The van der Waals surface area contributed by atoms with Crippen LogP contribution in [0.3, 0.4) is 0 Å². The van der Waals surface area contributed by atoms with E-state index in [-0.39, 0.29) is 0 Å². The Morgan fingerprint density at radius 2 is 2.28 bits per heavy atom. The maximum atomic E-state index is 5.68. The van der Waals surface area contributed by atoms with Crippen molar-refractivity contribution in [1.29, 1.82) is 0 Å². The molecule has 0 saturated carbocycles. The Labute approximate surface area is 109 Å². The summed E-state index contributed by atoms with van der Waals surface area (Å²) < 4.78 is 11.3. The molecule has 1 N–H and O–H groups in total. The van der Waals surface area contributed by atoms with Crippen LogP contribution in [0.25, 0.3) is 0 Å². The summed E-state index contributed by atoms with van der Waals surface area (Å²) in [5.74, 6) is 0.960. The highest BCUT2D eigenvalue weighted by Gasteiger charge is 2.19. The number of fused-ring (bicyclic) bond motifs is 1. The van der Waals surface area contributed by atoms with E-state index >= 15 is 0 Å². The lowest BCUT2D eigenvalue weighted by atomic mass is 9.99. The highest BCUT2D eigenvalue weighted by Crippen LogP contribution is 2.27. The summed E-state index contributed by atoms with van der Waals surface area (Å²) >= 11 is 0. The third kappa shape index (κ3) is 3.24. The van der Waals surface area contributed by atoms with Gasteiger partial charge in [0.25, 0.3) is 0 Å². The van der Waals surface area contributed by atoms with Crippen molar-refractivity contribution in [3.8, 4) is 5.75 Å². The van der Waals surface area contributed by atoms with E-state index in [4.69, 9.17) is 9.47 Å². The quantitative estimate of drug-likeness (QED) is 0.870. The number of rotatable bonds is 5. The standard InChI is InChI=1S/C15H23NO2/c1-3-8-16-15-11-17-9-7-12-5-6-13(18-4-2)10-14(12)15/h5-6,10,15-16H,3-4,7-9,11H2,1-2H3. The molecule has 1 atom stereocenters. The van der Waals surface area contributed by atoms with Gasteiger partial charge in [0.05, 0.1) is 25.9 Å². The molecule has 0 bridgehead atoms. The van der Waals surface area contributed by atoms with Gasteiger partial charge in [-0.25, -0.2) is 0 Å². The summed E-state index contributed by atoms with van der Waals surface area (Å²) in [5.41, 5.74) is 2.72. The number of nitrogens with one attached hydrogen (secondary N) is 1. The molecular weight excluding hydrogens is 226 g/mol. The molecular formula is C15H23NO2. The largest absolute Gasteiger partial charge is 0.494 e. The van der Waals surface area contributed by atoms with Crippen molar-refractivity contribution in [2.24, 2.45) is 0 Å². The van der Waals surface area contributed by atoms with E-state index in [2.05, 4.69) is 30.4 Å². The van der Waals surface area contributed by atoms with Gasteiger partial charge in [0.15, 0.2) is 0 Å². The second kappa shape index (κ2) is 6.76. The van der Waals surface area contributed by atoms with Crippen molar-refractivity contribution >= 4 is 0 Å². The summed E-state index contributed by atoms with van der Waals surface area (Å²) in [6.07, 6.45) is 2.13. The van der Waals surface area contributed by atoms with Crippen LogP contribution in [0.5, 0.6) is 5.75 Å². The molecule has 3 nitrogen and oxygen atoms in total. The first kappa shape index (κ1) is 13.4. The Bertz CT molecular complexity index is 379. The summed E-state index contributed by atoms with van der Waals surface area (Å²) in [4.78, 5) is 0. The number of hydrogen-bond donors (Lipinski definition) is 1. The van der Waals surface area contributed by atoms with Crippen LogP contribution in [0.4, 0.5) is 0 Å². The van der Waals surface area contributed by atoms with Crippen LogP contribution in [0.2, 0.25) is 0 Å². The minimum Gasteiger partial charge on any atom is -0.494 e. The van der Waals surface area contributed by atoms with Gasteiger partial charge in [-0.1, -0.05) is 13.0 Å². The first-order valence-electron chi connectivity index (χ1n) is 6.92. The zero-order chi connectivity index (χ0) is 12.8. The van der Waals surface area contributed by atoms with Gasteiger partial charge in [-0.05, 0) is 49.6 Å². The number of hydrogen-bond acceptors (Lipinski definition) is 3. The molecule has 1 heterocycles. The van der Waals surface area contributed by atoms with E-state index in [9.17, 15) is 0 Å². The van der Waals surface area contributed by atoms with Crippen LogP contribution in [-0.4, -0.2) is 26.4 Å². The minimum absolute atomic E-state index is 0.294. The molecule has 0 spiro atoms. The maximum absolute atomic E-state index is 5.68. The first-order chi connectivity index (χ1) is 8.85. The average molecular weight is 249 g/mol. The molecule has 1 aromatic rings. The van der Waals surface area contributed by atoms with Crippen LogP contribution in [0.1, 0.15) is 37.4 Å². The number of benzene rings is 1. The van der Waals surface area contributed by atoms with E-state index in [1.165, 1.54) is 11.1 Å². The van der Waals surface area contributed by atoms with Crippen molar-refractivity contribution in [2.75, 3.05) is 26.4 Å². The Kier molecular flexibility index (Phi) is 5.02. The van der Waals surface area contributed by atoms with Gasteiger partial charge >= 0.3 is 0 Å². The van der Waals surface area contributed by atoms with E-state index in [1.54, 1.807) is 0 Å². The Hall–Kier alpha value is -1.06. The molecule has 1 unspecified atom stereocenters. The summed E-state index contributed by atoms with van der Waals surface area (Å²) in [5, 5.41) is 3.56. The van der Waals surface area contributed by atoms with Gasteiger partial charge in [0.2, 0.25) is 0 Å². The smallest absolute Gasteiger partial charge is 0.119 e. The molecule has 1 aliphatic heterocycles. The van der Waals surface area contributed by atoms with Gasteiger partial charge in [-0.15, -0.1) is 0 Å². The predicted molar refractivity (Wildman–Crippen MR) is 73.2 cm³/mol. The summed E-state index contributed by atoms with van der Waals surface area (Å²) in [7, 11) is 0. The normalized spacial score (nSPS) is 19.1. The molecule has 100 valence electrons. The second-order valence-corrected chi connectivity index (χ2v) is 4.63. The third-order valence-corrected chi connectivity index (χ3v) is 3.24. The molecule has 0 aliphatic carbocycles. The molecule has 3 heteroatoms. The number of ether oxygens (including phenoxy) is 2. The molecule has 1 aliphatic rings. The van der Waals surface area contributed by atoms with Gasteiger partial charge in [0.1, 0.15) is 5.75 Å². The topological polar surface area (TPSA) is 30.5 Å². The molecule has 0 radical (unpaired) electrons. The Morgan fingerprint density at radius 3 is 3.06 bits per heavy atom. The van der Waals surface area contributed by atoms with Gasteiger partial charge in [0, 0.05) is 0 Å². The van der Waals surface area contributed by atoms with Crippen molar-refractivity contribution in [2.45, 2.75) is 32.7 Å². The predicted octanol–water partition coefficient (Wildman–Crippen LogP) is 2.70. The highest BCUT2D eigenvalue weighted by molar-refractivity contribution is 5.38. The van der Waals surface area contributed by atoms with Crippen molar-refractivity contribution in [1.82, 2.24) is 5.32 Å². The van der Waals surface area contributed by atoms with Gasteiger partial charge in [-0.2, -0.15) is 0 Å². The third-order valence-electron chi connectivity index (χ3n) is 3.24. The maximum Gasteiger partial charge on any atom is 0.119 e. The minimum atomic E-state index is 0.294. The lowest BCUT2D eigenvalue weighted by Crippen LogP contribution is -2.25. The second-order valence-electron chi connectivity index (χ2n) is 4.63. The van der Waals surface area contributed by atoms with Gasteiger partial charge in [-0.3, -0.25) is 0 Å². The molecule has 0 aromatic heterocycles. The van der Waals surface area contributed by atoms with E-state index < -0.39 is 0 Å². The average Bonchev–Trinajstić information content (AvgIpc) is 2.59. The molecule has 1 aromatic carbocycles. The fourth-order valence-electron chi connectivity index (χ4n) is 2.34. The van der Waals surface area contributed by atoms with E-state index in [1.807, 2.05) is 6.92 Å². The van der Waals surface area contributed by atoms with Crippen LogP contribution < -0.4 is 10.1 Å². The van der Waals surface area contributed by atoms with E-state index in [0.717, 1.165) is 38.3 Å². The Morgan fingerprint density at radius 1 is 1.39 bits per heavy atom. The highest BCUT2D eigenvalue weighted by atomic mass is 16.5. The van der Waals surface area contributed by atoms with Crippen molar-refractivity contribution in [3.63, 3.8) is 0 Å². The molecule has 18 heavy (non-hydrogen) atoms. The monoisotopic (exact) mass is 249 g/mol. The fraction of sp³-hybridized carbons (Fsp3) is 0.600. The van der Waals surface area contributed by atoms with Crippen LogP contribution in [-0.2, 0) is 11.2 Å². The summed E-state index contributed by atoms with van der Waals surface area (Å²) in [6.45, 7) is 7.49. The van der Waals surface area contributed by atoms with Crippen LogP contribution >= 0.6 is 0 Å². The Balaban J connectivity index is 2.22. The molecule has 0 saturated heterocycles. The van der Waals surface area contributed by atoms with Crippen molar-refractivity contribution < 1.29 is 9.47 Å². The van der Waals surface area contributed by atoms with Crippen LogP contribution in [0, 0.1) is 0 Å². The summed E-state index contributed by atoms with van der Waals surface area (Å²) in [6, 6.07) is 6.70. The molecule has 0 fully saturated rings. The van der Waals surface area contributed by atoms with Crippen LogP contribution in [0.15, 0.2) is 18.2 Å². The van der Waals surface area contributed by atoms with Gasteiger partial charge < -0.3 is 14.8 Å². The molecule has 0 amide bonds. The SMILES string of the molecule is CCCNC1COCCc2ccc(OCC)cc21. The zero-order valence-electron chi connectivity index (χ0n) is 11.4. The van der Waals surface area contributed by atoms with Crippen molar-refractivity contribution in [3.05, 3.63) is 29.3 Å². The zero-order valence-corrected chi connectivity index (χ0v) is 11.4. The van der Waals surface area contributed by atoms with E-state index in [0.29, 0.717) is 12.6 Å². The fourth-order valence-corrected chi connectivity index (χ4v) is 2.34. The first-order valence-corrected chi connectivity index (χ1v) is 6.92.